The molecule has 1 rings (SSSR count). The molecule has 1 aliphatic carbocycles. The Morgan fingerprint density at radius 1 is 1.33 bits per heavy atom. The fourth-order valence-electron chi connectivity index (χ4n) is 2.79. The van der Waals surface area contributed by atoms with Crippen LogP contribution in [0.3, 0.4) is 0 Å². The molecule has 1 saturated carbocycles. The third-order valence-corrected chi connectivity index (χ3v) is 3.95. The third-order valence-electron chi connectivity index (χ3n) is 3.95. The molecule has 1 fully saturated rings. The molecule has 0 aromatic carbocycles. The molecule has 1 aliphatic rings. The molecular weight excluding hydrogens is 188 g/mol. The minimum Gasteiger partial charge on any atom is -0.481 e. The van der Waals surface area contributed by atoms with Crippen LogP contribution >= 0.6 is 0 Å². The van der Waals surface area contributed by atoms with Gasteiger partial charge < -0.3 is 5.11 Å². The minimum absolute atomic E-state index is 0.123. The fourth-order valence-corrected chi connectivity index (χ4v) is 2.79. The summed E-state index contributed by atoms with van der Waals surface area (Å²) >= 11 is 0. The van der Waals surface area contributed by atoms with E-state index in [1.54, 1.807) is 0 Å². The van der Waals surface area contributed by atoms with Gasteiger partial charge in [0, 0.05) is 0 Å². The van der Waals surface area contributed by atoms with Gasteiger partial charge in [-0.25, -0.2) is 0 Å². The van der Waals surface area contributed by atoms with Crippen LogP contribution < -0.4 is 0 Å². The Kier molecular flexibility index (Phi) is 5.13. The molecule has 0 bridgehead atoms. The van der Waals surface area contributed by atoms with E-state index in [1.807, 2.05) is 6.92 Å². The van der Waals surface area contributed by atoms with Crippen LogP contribution in [-0.2, 0) is 4.79 Å². The Hall–Kier alpha value is -0.530. The Morgan fingerprint density at radius 3 is 2.40 bits per heavy atom. The van der Waals surface area contributed by atoms with Gasteiger partial charge in [-0.1, -0.05) is 46.0 Å². The summed E-state index contributed by atoms with van der Waals surface area (Å²) in [4.78, 5) is 10.9. The van der Waals surface area contributed by atoms with Crippen molar-refractivity contribution in [2.24, 2.45) is 17.8 Å². The van der Waals surface area contributed by atoms with E-state index in [0.29, 0.717) is 5.92 Å². The fraction of sp³-hybridized carbons (Fsp3) is 0.923. The van der Waals surface area contributed by atoms with Crippen molar-refractivity contribution in [3.05, 3.63) is 0 Å². The zero-order valence-corrected chi connectivity index (χ0v) is 10.0. The molecular formula is C13H24O2. The summed E-state index contributed by atoms with van der Waals surface area (Å²) < 4.78 is 0. The molecule has 2 atom stereocenters. The molecule has 15 heavy (non-hydrogen) atoms. The van der Waals surface area contributed by atoms with E-state index >= 15 is 0 Å². The minimum atomic E-state index is -0.611. The molecule has 0 aromatic heterocycles. The van der Waals surface area contributed by atoms with Crippen molar-refractivity contribution in [2.45, 2.75) is 58.8 Å². The average Bonchev–Trinajstić information content (AvgIpc) is 2.26. The van der Waals surface area contributed by atoms with E-state index in [-0.39, 0.29) is 5.92 Å². The summed E-state index contributed by atoms with van der Waals surface area (Å²) in [6.07, 6.45) is 8.34. The number of aliphatic carboxylic acids is 1. The number of rotatable bonds is 5. The summed E-state index contributed by atoms with van der Waals surface area (Å²) in [6, 6.07) is 0. The van der Waals surface area contributed by atoms with E-state index < -0.39 is 5.97 Å². The smallest absolute Gasteiger partial charge is 0.306 e. The number of hydrogen-bond acceptors (Lipinski definition) is 1. The first-order valence-electron chi connectivity index (χ1n) is 6.38. The van der Waals surface area contributed by atoms with Gasteiger partial charge in [0.15, 0.2) is 0 Å². The standard InChI is InChI=1S/C13H24O2/c1-3-11(13(14)15)9-10(2)12-7-5-4-6-8-12/h10-12H,3-9H2,1-2H3,(H,14,15). The van der Waals surface area contributed by atoms with Gasteiger partial charge in [0.05, 0.1) is 5.92 Å². The van der Waals surface area contributed by atoms with Crippen LogP contribution in [0.4, 0.5) is 0 Å². The molecule has 0 heterocycles. The topological polar surface area (TPSA) is 37.3 Å². The predicted molar refractivity (Wildman–Crippen MR) is 61.8 cm³/mol. The van der Waals surface area contributed by atoms with Gasteiger partial charge in [-0.2, -0.15) is 0 Å². The maximum absolute atomic E-state index is 10.9. The summed E-state index contributed by atoms with van der Waals surface area (Å²) in [5.74, 6) is 0.639. The second kappa shape index (κ2) is 6.14. The van der Waals surface area contributed by atoms with Crippen molar-refractivity contribution in [1.29, 1.82) is 0 Å². The van der Waals surface area contributed by atoms with Gasteiger partial charge in [0.1, 0.15) is 0 Å². The lowest BCUT2D eigenvalue weighted by Crippen LogP contribution is -2.22. The third kappa shape index (κ3) is 3.84. The Bertz CT molecular complexity index is 195. The highest BCUT2D eigenvalue weighted by molar-refractivity contribution is 5.69. The van der Waals surface area contributed by atoms with Crippen molar-refractivity contribution in [3.8, 4) is 0 Å². The highest BCUT2D eigenvalue weighted by Crippen LogP contribution is 2.33. The zero-order chi connectivity index (χ0) is 11.3. The number of carboxylic acid groups (broad SMARTS) is 1. The first kappa shape index (κ1) is 12.5. The first-order valence-corrected chi connectivity index (χ1v) is 6.38. The second-order valence-corrected chi connectivity index (χ2v) is 5.05. The molecule has 1 N–H and O–H groups in total. The summed E-state index contributed by atoms with van der Waals surface area (Å²) in [5, 5.41) is 9.02. The summed E-state index contributed by atoms with van der Waals surface area (Å²) in [7, 11) is 0. The molecule has 0 spiro atoms. The van der Waals surface area contributed by atoms with E-state index in [0.717, 1.165) is 18.8 Å². The number of carboxylic acids is 1. The van der Waals surface area contributed by atoms with Gasteiger partial charge in [0.2, 0.25) is 0 Å². The van der Waals surface area contributed by atoms with E-state index in [9.17, 15) is 4.79 Å². The van der Waals surface area contributed by atoms with Gasteiger partial charge >= 0.3 is 5.97 Å². The molecule has 0 radical (unpaired) electrons. The Morgan fingerprint density at radius 2 is 1.93 bits per heavy atom. The maximum atomic E-state index is 10.9. The lowest BCUT2D eigenvalue weighted by atomic mass is 9.77. The first-order chi connectivity index (χ1) is 7.15. The van der Waals surface area contributed by atoms with Gasteiger partial charge in [-0.15, -0.1) is 0 Å². The van der Waals surface area contributed by atoms with Crippen LogP contribution in [0, 0.1) is 17.8 Å². The Labute approximate surface area is 93.1 Å². The van der Waals surface area contributed by atoms with Crippen LogP contribution in [0.15, 0.2) is 0 Å². The molecule has 2 heteroatoms. The average molecular weight is 212 g/mol. The van der Waals surface area contributed by atoms with E-state index in [1.165, 1.54) is 32.1 Å². The molecule has 0 amide bonds. The molecule has 0 aromatic rings. The lowest BCUT2D eigenvalue weighted by molar-refractivity contribution is -0.142. The molecule has 0 aliphatic heterocycles. The van der Waals surface area contributed by atoms with Crippen LogP contribution in [0.5, 0.6) is 0 Å². The summed E-state index contributed by atoms with van der Waals surface area (Å²) in [5.41, 5.74) is 0. The SMILES string of the molecule is CCC(CC(C)C1CCCCC1)C(=O)O. The van der Waals surface area contributed by atoms with Gasteiger partial charge in [-0.3, -0.25) is 4.79 Å². The molecule has 88 valence electrons. The Balaban J connectivity index is 2.38. The van der Waals surface area contributed by atoms with E-state index in [2.05, 4.69) is 6.92 Å². The summed E-state index contributed by atoms with van der Waals surface area (Å²) in [6.45, 7) is 4.22. The molecule has 2 unspecified atom stereocenters. The quantitative estimate of drug-likeness (QED) is 0.754. The van der Waals surface area contributed by atoms with Crippen molar-refractivity contribution >= 4 is 5.97 Å². The van der Waals surface area contributed by atoms with Crippen molar-refractivity contribution < 1.29 is 9.90 Å². The normalized spacial score (nSPS) is 22.3. The van der Waals surface area contributed by atoms with Crippen molar-refractivity contribution in [1.82, 2.24) is 0 Å². The van der Waals surface area contributed by atoms with Crippen molar-refractivity contribution in [2.75, 3.05) is 0 Å². The lowest BCUT2D eigenvalue weighted by Gasteiger charge is -2.29. The van der Waals surface area contributed by atoms with E-state index in [4.69, 9.17) is 5.11 Å². The van der Waals surface area contributed by atoms with Gasteiger partial charge in [0.25, 0.3) is 0 Å². The van der Waals surface area contributed by atoms with Gasteiger partial charge in [-0.05, 0) is 24.7 Å². The van der Waals surface area contributed by atoms with Crippen LogP contribution in [-0.4, -0.2) is 11.1 Å². The van der Waals surface area contributed by atoms with Crippen molar-refractivity contribution in [3.63, 3.8) is 0 Å². The number of hydrogen-bond donors (Lipinski definition) is 1. The monoisotopic (exact) mass is 212 g/mol. The molecule has 0 saturated heterocycles. The highest BCUT2D eigenvalue weighted by Gasteiger charge is 2.25. The van der Waals surface area contributed by atoms with Crippen LogP contribution in [0.1, 0.15) is 58.8 Å². The van der Waals surface area contributed by atoms with Crippen LogP contribution in [0.25, 0.3) is 0 Å². The zero-order valence-electron chi connectivity index (χ0n) is 10.0. The predicted octanol–water partition coefficient (Wildman–Crippen LogP) is 3.70. The highest BCUT2D eigenvalue weighted by atomic mass is 16.4. The van der Waals surface area contributed by atoms with Crippen LogP contribution in [0.2, 0.25) is 0 Å². The number of carbonyl (C=O) groups is 1. The molecule has 2 nitrogen and oxygen atoms in total. The second-order valence-electron chi connectivity index (χ2n) is 5.05. The largest absolute Gasteiger partial charge is 0.481 e. The maximum Gasteiger partial charge on any atom is 0.306 e.